The van der Waals surface area contributed by atoms with Crippen LogP contribution < -0.4 is 0 Å². The minimum absolute atomic E-state index is 0.0579. The van der Waals surface area contributed by atoms with Gasteiger partial charge in [-0.3, -0.25) is 29.0 Å². The molecule has 0 aromatic rings. The molecule has 6 nitrogen and oxygen atoms in total. The number of nitrogens with zero attached hydrogens (tertiary/aromatic N) is 2. The van der Waals surface area contributed by atoms with Crippen molar-refractivity contribution in [2.24, 2.45) is 0 Å². The first kappa shape index (κ1) is 14.4. The van der Waals surface area contributed by atoms with E-state index in [0.717, 1.165) is 4.90 Å². The van der Waals surface area contributed by atoms with Gasteiger partial charge in [-0.1, -0.05) is 0 Å². The molecule has 0 aromatic heterocycles. The van der Waals surface area contributed by atoms with E-state index in [0.29, 0.717) is 6.42 Å². The number of likely N-dealkylation sites (N-methyl/N-ethyl adjacent to an activating group) is 1. The molecule has 0 spiro atoms. The number of likely N-dealkylation sites (tertiary alicyclic amines) is 1. The quantitative estimate of drug-likeness (QED) is 0.609. The predicted octanol–water partition coefficient (Wildman–Crippen LogP) is -0.352. The van der Waals surface area contributed by atoms with Crippen LogP contribution >= 0.6 is 11.8 Å². The summed E-state index contributed by atoms with van der Waals surface area (Å²) in [4.78, 5) is 44.9. The predicted molar refractivity (Wildman–Crippen MR) is 66.6 cm³/mol. The Hall–Kier alpha value is -1.63. The van der Waals surface area contributed by atoms with Crippen molar-refractivity contribution in [1.82, 2.24) is 9.80 Å². The van der Waals surface area contributed by atoms with Gasteiger partial charge in [0.15, 0.2) is 0 Å². The Morgan fingerprint density at radius 2 is 1.56 bits per heavy atom. The van der Waals surface area contributed by atoms with Crippen molar-refractivity contribution in [1.29, 1.82) is 0 Å². The van der Waals surface area contributed by atoms with E-state index in [1.54, 1.807) is 0 Å². The molecule has 18 heavy (non-hydrogen) atoms. The lowest BCUT2D eigenvalue weighted by molar-refractivity contribution is -0.137. The molecule has 1 atom stereocenters. The summed E-state index contributed by atoms with van der Waals surface area (Å²) < 4.78 is 0. The summed E-state index contributed by atoms with van der Waals surface area (Å²) >= 11 is 1.44. The molecule has 2 aliphatic rings. The molecule has 1 saturated heterocycles. The van der Waals surface area contributed by atoms with E-state index in [1.807, 2.05) is 6.26 Å². The molecule has 2 heterocycles. The Morgan fingerprint density at radius 3 is 1.72 bits per heavy atom. The molecule has 2 rings (SSSR count). The van der Waals surface area contributed by atoms with Gasteiger partial charge in [-0.2, -0.15) is 11.8 Å². The molecule has 1 fully saturated rings. The van der Waals surface area contributed by atoms with Crippen LogP contribution in [-0.2, 0) is 19.2 Å². The average Bonchev–Trinajstić information content (AvgIpc) is 2.78. The van der Waals surface area contributed by atoms with Gasteiger partial charge >= 0.3 is 0 Å². The average molecular weight is 270 g/mol. The minimum atomic E-state index is -0.241. The number of thioether (sulfide) groups is 1. The van der Waals surface area contributed by atoms with Crippen molar-refractivity contribution < 1.29 is 19.2 Å². The van der Waals surface area contributed by atoms with E-state index in [4.69, 9.17) is 0 Å². The molecule has 4 amide bonds. The molecular weight excluding hydrogens is 256 g/mol. The van der Waals surface area contributed by atoms with Crippen molar-refractivity contribution in [3.63, 3.8) is 0 Å². The van der Waals surface area contributed by atoms with Crippen LogP contribution in [0.1, 0.15) is 6.42 Å². The molecule has 0 bridgehead atoms. The first-order valence-electron chi connectivity index (χ1n) is 5.21. The van der Waals surface area contributed by atoms with Crippen molar-refractivity contribution in [3.8, 4) is 0 Å². The summed E-state index contributed by atoms with van der Waals surface area (Å²) in [6.45, 7) is 0. The Balaban J connectivity index is 0.000000184. The van der Waals surface area contributed by atoms with Gasteiger partial charge in [-0.05, 0) is 6.26 Å². The second kappa shape index (κ2) is 5.81. The number of amides is 4. The number of imide groups is 2. The van der Waals surface area contributed by atoms with Crippen LogP contribution in [0.4, 0.5) is 0 Å². The fourth-order valence-corrected chi connectivity index (χ4v) is 2.05. The SMILES string of the molecule is CN1C(=O)C=CC1=O.CSC1CC(=O)N(C)C1=O. The maximum atomic E-state index is 11.0. The second-order valence-electron chi connectivity index (χ2n) is 3.79. The van der Waals surface area contributed by atoms with E-state index in [2.05, 4.69) is 0 Å². The lowest BCUT2D eigenvalue weighted by Crippen LogP contribution is -2.26. The van der Waals surface area contributed by atoms with Crippen LogP contribution in [0.2, 0.25) is 0 Å². The van der Waals surface area contributed by atoms with Crippen LogP contribution in [0.25, 0.3) is 0 Å². The number of hydrogen-bond donors (Lipinski definition) is 0. The molecule has 0 N–H and O–H groups in total. The summed E-state index contributed by atoms with van der Waals surface area (Å²) in [5.41, 5.74) is 0. The van der Waals surface area contributed by atoms with E-state index in [1.165, 1.54) is 42.9 Å². The second-order valence-corrected chi connectivity index (χ2v) is 4.83. The summed E-state index contributed by atoms with van der Waals surface area (Å²) in [5.74, 6) is -0.605. The van der Waals surface area contributed by atoms with Gasteiger partial charge in [0.2, 0.25) is 11.8 Å². The number of carbonyl (C=O) groups is 4. The highest BCUT2D eigenvalue weighted by atomic mass is 32.2. The first-order valence-corrected chi connectivity index (χ1v) is 6.50. The van der Waals surface area contributed by atoms with Crippen LogP contribution in [-0.4, -0.2) is 59.0 Å². The summed E-state index contributed by atoms with van der Waals surface area (Å²) in [6.07, 6.45) is 4.72. The molecular formula is C11H14N2O4S. The van der Waals surface area contributed by atoms with Crippen LogP contribution in [0, 0.1) is 0 Å². The van der Waals surface area contributed by atoms with Gasteiger partial charge in [-0.25, -0.2) is 0 Å². The van der Waals surface area contributed by atoms with Crippen LogP contribution in [0.15, 0.2) is 12.2 Å². The first-order chi connectivity index (χ1) is 8.38. The Morgan fingerprint density at radius 1 is 1.06 bits per heavy atom. The molecule has 1 unspecified atom stereocenters. The molecule has 2 aliphatic heterocycles. The highest BCUT2D eigenvalue weighted by Gasteiger charge is 2.34. The van der Waals surface area contributed by atoms with E-state index in [-0.39, 0.29) is 28.9 Å². The third-order valence-electron chi connectivity index (χ3n) is 2.65. The maximum Gasteiger partial charge on any atom is 0.253 e. The monoisotopic (exact) mass is 270 g/mol. The summed E-state index contributed by atoms with van der Waals surface area (Å²) in [6, 6.07) is 0. The zero-order chi connectivity index (χ0) is 13.9. The molecule has 0 radical (unpaired) electrons. The molecule has 7 heteroatoms. The van der Waals surface area contributed by atoms with Crippen molar-refractivity contribution in [2.75, 3.05) is 20.4 Å². The topological polar surface area (TPSA) is 74.8 Å². The van der Waals surface area contributed by atoms with Crippen molar-refractivity contribution in [2.45, 2.75) is 11.7 Å². The third kappa shape index (κ3) is 2.98. The zero-order valence-electron chi connectivity index (χ0n) is 10.4. The minimum Gasteiger partial charge on any atom is -0.285 e. The zero-order valence-corrected chi connectivity index (χ0v) is 11.2. The fraction of sp³-hybridized carbons (Fsp3) is 0.455. The van der Waals surface area contributed by atoms with Crippen LogP contribution in [0.3, 0.4) is 0 Å². The summed E-state index contributed by atoms with van der Waals surface area (Å²) in [5, 5.41) is -0.127. The fourth-order valence-electron chi connectivity index (χ4n) is 1.38. The number of hydrogen-bond acceptors (Lipinski definition) is 5. The highest BCUT2D eigenvalue weighted by molar-refractivity contribution is 8.00. The van der Waals surface area contributed by atoms with Gasteiger partial charge in [0, 0.05) is 32.7 Å². The van der Waals surface area contributed by atoms with Crippen molar-refractivity contribution >= 4 is 35.4 Å². The molecule has 98 valence electrons. The van der Waals surface area contributed by atoms with Gasteiger partial charge in [0.25, 0.3) is 11.8 Å². The van der Waals surface area contributed by atoms with E-state index in [9.17, 15) is 19.2 Å². The lowest BCUT2D eigenvalue weighted by atomic mass is 10.4. The number of rotatable bonds is 1. The van der Waals surface area contributed by atoms with Gasteiger partial charge in [0.05, 0.1) is 5.25 Å². The van der Waals surface area contributed by atoms with Crippen LogP contribution in [0.5, 0.6) is 0 Å². The van der Waals surface area contributed by atoms with E-state index >= 15 is 0 Å². The summed E-state index contributed by atoms with van der Waals surface area (Å²) in [7, 11) is 2.98. The smallest absolute Gasteiger partial charge is 0.253 e. The Bertz CT molecular complexity index is 415. The van der Waals surface area contributed by atoms with Gasteiger partial charge in [-0.15, -0.1) is 0 Å². The van der Waals surface area contributed by atoms with Gasteiger partial charge in [0.1, 0.15) is 0 Å². The molecule has 0 aromatic carbocycles. The third-order valence-corrected chi connectivity index (χ3v) is 3.59. The number of carbonyl (C=O) groups excluding carboxylic acids is 4. The largest absolute Gasteiger partial charge is 0.285 e. The van der Waals surface area contributed by atoms with E-state index < -0.39 is 0 Å². The molecule has 0 aliphatic carbocycles. The Kier molecular flexibility index (Phi) is 4.66. The maximum absolute atomic E-state index is 11.0. The molecule has 0 saturated carbocycles. The normalized spacial score (nSPS) is 22.7. The standard InChI is InChI=1S/C6H9NO2S.C5H5NO2/c1-7-5(8)3-4(10-2)6(7)9;1-6-4(7)2-3-5(6)8/h4H,3H2,1-2H3;2-3H,1H3. The lowest BCUT2D eigenvalue weighted by Gasteiger charge is -2.04. The van der Waals surface area contributed by atoms with Crippen molar-refractivity contribution in [3.05, 3.63) is 12.2 Å². The Labute approximate surface area is 109 Å². The highest BCUT2D eigenvalue weighted by Crippen LogP contribution is 2.21. The van der Waals surface area contributed by atoms with Gasteiger partial charge < -0.3 is 0 Å².